The summed E-state index contributed by atoms with van der Waals surface area (Å²) < 4.78 is 0. The summed E-state index contributed by atoms with van der Waals surface area (Å²) in [6, 6.07) is 9.28. The van der Waals surface area contributed by atoms with E-state index in [1.165, 1.54) is 35.2 Å². The molecular formula is C23H33N. The second-order valence-electron chi connectivity index (χ2n) is 7.69. The van der Waals surface area contributed by atoms with Crippen molar-refractivity contribution in [2.45, 2.75) is 71.4 Å². The number of unbranched alkanes of at least 4 members (excludes halogenated alkanes) is 1. The molecule has 24 heavy (non-hydrogen) atoms. The van der Waals surface area contributed by atoms with Crippen LogP contribution < -0.4 is 0 Å². The van der Waals surface area contributed by atoms with Crippen LogP contribution in [0.1, 0.15) is 77.0 Å². The number of allylic oxidation sites excluding steroid dienone is 3. The molecule has 1 heterocycles. The lowest BCUT2D eigenvalue weighted by molar-refractivity contribution is 0.118. The van der Waals surface area contributed by atoms with Crippen molar-refractivity contribution in [1.29, 1.82) is 0 Å². The van der Waals surface area contributed by atoms with Gasteiger partial charge in [0.25, 0.3) is 0 Å². The number of nitrogens with zero attached hydrogens (tertiary/aromatic N) is 1. The van der Waals surface area contributed by atoms with Crippen molar-refractivity contribution in [3.63, 3.8) is 0 Å². The lowest BCUT2D eigenvalue weighted by Crippen LogP contribution is -2.45. The van der Waals surface area contributed by atoms with Gasteiger partial charge in [-0.15, -0.1) is 13.2 Å². The van der Waals surface area contributed by atoms with E-state index in [2.05, 4.69) is 76.1 Å². The maximum absolute atomic E-state index is 4.03. The minimum absolute atomic E-state index is 0.0801. The predicted octanol–water partition coefficient (Wildman–Crippen LogP) is 6.90. The van der Waals surface area contributed by atoms with Crippen molar-refractivity contribution in [1.82, 2.24) is 4.90 Å². The van der Waals surface area contributed by atoms with E-state index in [0.29, 0.717) is 6.04 Å². The number of hydrogen-bond donors (Lipinski definition) is 0. The molecule has 1 unspecified atom stereocenters. The summed E-state index contributed by atoms with van der Waals surface area (Å²) in [6.07, 6.45) is 9.61. The van der Waals surface area contributed by atoms with Gasteiger partial charge < -0.3 is 4.90 Å². The summed E-state index contributed by atoms with van der Waals surface area (Å²) in [7, 11) is 0. The van der Waals surface area contributed by atoms with Gasteiger partial charge in [0.2, 0.25) is 0 Å². The van der Waals surface area contributed by atoms with Gasteiger partial charge in [-0.1, -0.05) is 49.8 Å². The monoisotopic (exact) mass is 323 g/mol. The summed E-state index contributed by atoms with van der Waals surface area (Å²) in [5, 5.41) is 0. The van der Waals surface area contributed by atoms with E-state index >= 15 is 0 Å². The number of rotatable bonds is 7. The van der Waals surface area contributed by atoms with E-state index in [1.54, 1.807) is 0 Å². The van der Waals surface area contributed by atoms with Crippen molar-refractivity contribution in [2.24, 2.45) is 0 Å². The second-order valence-corrected chi connectivity index (χ2v) is 7.69. The average molecular weight is 324 g/mol. The fourth-order valence-corrected chi connectivity index (χ4v) is 3.94. The van der Waals surface area contributed by atoms with E-state index in [1.807, 2.05) is 6.08 Å². The van der Waals surface area contributed by atoms with E-state index in [4.69, 9.17) is 0 Å². The summed E-state index contributed by atoms with van der Waals surface area (Å²) in [5.41, 5.74) is 5.90. The fourth-order valence-electron chi connectivity index (χ4n) is 3.94. The Balaban J connectivity index is 2.70. The summed E-state index contributed by atoms with van der Waals surface area (Å²) in [6.45, 7) is 17.3. The third kappa shape index (κ3) is 3.66. The molecule has 1 nitrogen and oxygen atoms in total. The molecule has 1 heteroatoms. The fraction of sp³-hybridized carbons (Fsp3) is 0.478. The van der Waals surface area contributed by atoms with Crippen molar-refractivity contribution in [3.05, 3.63) is 66.4 Å². The second kappa shape index (κ2) is 7.88. The normalized spacial score (nSPS) is 17.7. The zero-order chi connectivity index (χ0) is 17.7. The van der Waals surface area contributed by atoms with Crippen LogP contribution in [0.2, 0.25) is 0 Å². The van der Waals surface area contributed by atoms with Gasteiger partial charge in [-0.05, 0) is 63.2 Å². The van der Waals surface area contributed by atoms with Crippen LogP contribution >= 0.6 is 0 Å². The van der Waals surface area contributed by atoms with Crippen LogP contribution in [-0.4, -0.2) is 10.4 Å². The van der Waals surface area contributed by atoms with Gasteiger partial charge >= 0.3 is 0 Å². The topological polar surface area (TPSA) is 3.24 Å². The van der Waals surface area contributed by atoms with Gasteiger partial charge in [0.05, 0.1) is 6.04 Å². The van der Waals surface area contributed by atoms with Crippen LogP contribution in [0.4, 0.5) is 0 Å². The Bertz CT molecular complexity index is 615. The first-order valence-electron chi connectivity index (χ1n) is 9.28. The Labute approximate surface area is 148 Å². The highest BCUT2D eigenvalue weighted by atomic mass is 15.2. The minimum Gasteiger partial charge on any atom is -0.362 e. The third-order valence-electron chi connectivity index (χ3n) is 4.82. The molecule has 0 N–H and O–H groups in total. The van der Waals surface area contributed by atoms with Crippen molar-refractivity contribution in [3.8, 4) is 0 Å². The van der Waals surface area contributed by atoms with Gasteiger partial charge in [0.1, 0.15) is 0 Å². The van der Waals surface area contributed by atoms with Crippen LogP contribution in [0.15, 0.2) is 55.3 Å². The molecule has 0 bridgehead atoms. The molecule has 1 aliphatic heterocycles. The standard InChI is InChI=1S/C23H33N/c1-7-10-17-22-19(13-8-2)18-15-11-12-16-20(18)21(14-9-3)24(22)23(4,5)6/h8-9,11-12,15-16,21H,2-3,7,10,13-14,17H2,1,4-6H3. The van der Waals surface area contributed by atoms with Crippen LogP contribution in [-0.2, 0) is 0 Å². The molecule has 1 atom stereocenters. The summed E-state index contributed by atoms with van der Waals surface area (Å²) in [5.74, 6) is 0. The number of hydrogen-bond acceptors (Lipinski definition) is 1. The van der Waals surface area contributed by atoms with Gasteiger partial charge in [0, 0.05) is 11.2 Å². The van der Waals surface area contributed by atoms with Crippen LogP contribution in [0.25, 0.3) is 5.57 Å². The van der Waals surface area contributed by atoms with Crippen molar-refractivity contribution in [2.75, 3.05) is 0 Å². The quantitative estimate of drug-likeness (QED) is 0.493. The molecule has 0 radical (unpaired) electrons. The molecule has 1 aromatic carbocycles. The summed E-state index contributed by atoms with van der Waals surface area (Å²) >= 11 is 0. The van der Waals surface area contributed by atoms with E-state index in [0.717, 1.165) is 19.3 Å². The largest absolute Gasteiger partial charge is 0.362 e. The Morgan fingerprint density at radius 2 is 1.83 bits per heavy atom. The molecule has 1 aliphatic rings. The molecule has 1 aromatic rings. The molecule has 0 fully saturated rings. The molecule has 0 amide bonds. The van der Waals surface area contributed by atoms with E-state index in [-0.39, 0.29) is 5.54 Å². The molecule has 130 valence electrons. The van der Waals surface area contributed by atoms with Gasteiger partial charge in [0.15, 0.2) is 0 Å². The summed E-state index contributed by atoms with van der Waals surface area (Å²) in [4.78, 5) is 2.66. The number of fused-ring (bicyclic) bond motifs is 1. The predicted molar refractivity (Wildman–Crippen MR) is 107 cm³/mol. The molecule has 0 aromatic heterocycles. The lowest BCUT2D eigenvalue weighted by atomic mass is 9.81. The first-order chi connectivity index (χ1) is 11.5. The smallest absolute Gasteiger partial charge is 0.0585 e. The molecule has 2 rings (SSSR count). The lowest BCUT2D eigenvalue weighted by Gasteiger charge is -2.49. The van der Waals surface area contributed by atoms with Crippen LogP contribution in [0.3, 0.4) is 0 Å². The Morgan fingerprint density at radius 1 is 1.12 bits per heavy atom. The maximum Gasteiger partial charge on any atom is 0.0585 e. The van der Waals surface area contributed by atoms with Gasteiger partial charge in [-0.25, -0.2) is 0 Å². The van der Waals surface area contributed by atoms with Crippen molar-refractivity contribution >= 4 is 5.57 Å². The molecule has 0 saturated heterocycles. The highest BCUT2D eigenvalue weighted by Gasteiger charge is 2.36. The first-order valence-corrected chi connectivity index (χ1v) is 9.28. The SMILES string of the molecule is C=CCC1=C(CCCC)N(C(C)(C)C)C(CC=C)c2ccccc21. The highest BCUT2D eigenvalue weighted by molar-refractivity contribution is 5.74. The Hall–Kier alpha value is -1.76. The average Bonchev–Trinajstić information content (AvgIpc) is 2.54. The highest BCUT2D eigenvalue weighted by Crippen LogP contribution is 2.47. The van der Waals surface area contributed by atoms with Gasteiger partial charge in [-0.3, -0.25) is 0 Å². The zero-order valence-electron chi connectivity index (χ0n) is 15.9. The Morgan fingerprint density at radius 3 is 2.42 bits per heavy atom. The van der Waals surface area contributed by atoms with E-state index in [9.17, 15) is 0 Å². The molecule has 0 aliphatic carbocycles. The van der Waals surface area contributed by atoms with Crippen molar-refractivity contribution < 1.29 is 0 Å². The maximum atomic E-state index is 4.03. The first kappa shape index (κ1) is 18.6. The molecule has 0 saturated carbocycles. The molecular weight excluding hydrogens is 290 g/mol. The molecule has 0 spiro atoms. The third-order valence-corrected chi connectivity index (χ3v) is 4.82. The number of benzene rings is 1. The minimum atomic E-state index is 0.0801. The van der Waals surface area contributed by atoms with Crippen LogP contribution in [0.5, 0.6) is 0 Å². The van der Waals surface area contributed by atoms with E-state index < -0.39 is 0 Å². The zero-order valence-corrected chi connectivity index (χ0v) is 15.9. The van der Waals surface area contributed by atoms with Crippen LogP contribution in [0, 0.1) is 0 Å². The Kier molecular flexibility index (Phi) is 6.10. The van der Waals surface area contributed by atoms with Gasteiger partial charge in [-0.2, -0.15) is 0 Å².